The second-order valence-electron chi connectivity index (χ2n) is 3.84. The Labute approximate surface area is 110 Å². The first kappa shape index (κ1) is 12.2. The molecule has 1 aromatic carbocycles. The van der Waals surface area contributed by atoms with E-state index in [1.54, 1.807) is 0 Å². The van der Waals surface area contributed by atoms with Crippen molar-refractivity contribution in [3.63, 3.8) is 0 Å². The van der Waals surface area contributed by atoms with Gasteiger partial charge in [-0.1, -0.05) is 12.1 Å². The molecule has 1 heterocycles. The Morgan fingerprint density at radius 3 is 2.67 bits per heavy atom. The third-order valence-corrected chi connectivity index (χ3v) is 3.60. The van der Waals surface area contributed by atoms with Gasteiger partial charge in [0.2, 0.25) is 0 Å². The standard InChI is InChI=1S/C14H11N3S/c1-10-3-2-4-14(13(10)8-16)17-9-12-6-5-11(7-15)18-12/h2-6,17H,9H2,1H3. The Balaban J connectivity index is 2.14. The van der Waals surface area contributed by atoms with Gasteiger partial charge in [-0.2, -0.15) is 10.5 Å². The molecule has 0 aliphatic rings. The molecule has 88 valence electrons. The van der Waals surface area contributed by atoms with E-state index >= 15 is 0 Å². The summed E-state index contributed by atoms with van der Waals surface area (Å²) >= 11 is 1.46. The molecule has 0 unspecified atom stereocenters. The molecule has 0 aliphatic heterocycles. The van der Waals surface area contributed by atoms with E-state index in [4.69, 9.17) is 10.5 Å². The van der Waals surface area contributed by atoms with Crippen molar-refractivity contribution < 1.29 is 0 Å². The fourth-order valence-corrected chi connectivity index (χ4v) is 2.42. The molecule has 0 saturated heterocycles. The molecule has 2 aromatic rings. The quantitative estimate of drug-likeness (QED) is 0.911. The van der Waals surface area contributed by atoms with Crippen LogP contribution in [-0.2, 0) is 6.54 Å². The minimum atomic E-state index is 0.629. The first-order chi connectivity index (χ1) is 8.74. The maximum absolute atomic E-state index is 9.11. The topological polar surface area (TPSA) is 59.6 Å². The van der Waals surface area contributed by atoms with E-state index in [0.717, 1.165) is 16.1 Å². The number of anilines is 1. The van der Waals surface area contributed by atoms with E-state index in [9.17, 15) is 0 Å². The van der Waals surface area contributed by atoms with Gasteiger partial charge in [-0.15, -0.1) is 11.3 Å². The van der Waals surface area contributed by atoms with E-state index in [1.807, 2.05) is 37.3 Å². The van der Waals surface area contributed by atoms with Gasteiger partial charge < -0.3 is 5.32 Å². The first-order valence-electron chi connectivity index (χ1n) is 5.47. The summed E-state index contributed by atoms with van der Waals surface area (Å²) in [4.78, 5) is 1.79. The lowest BCUT2D eigenvalue weighted by Gasteiger charge is -2.08. The summed E-state index contributed by atoms with van der Waals surface area (Å²) < 4.78 is 0. The number of thiophene rings is 1. The highest BCUT2D eigenvalue weighted by Gasteiger charge is 2.05. The van der Waals surface area contributed by atoms with E-state index in [2.05, 4.69) is 17.5 Å². The smallest absolute Gasteiger partial charge is 0.110 e. The summed E-state index contributed by atoms with van der Waals surface area (Å²) in [7, 11) is 0. The number of nitriles is 2. The molecular weight excluding hydrogens is 242 g/mol. The van der Waals surface area contributed by atoms with Crippen LogP contribution in [0.1, 0.15) is 20.9 Å². The van der Waals surface area contributed by atoms with Gasteiger partial charge in [0.05, 0.1) is 11.3 Å². The molecule has 0 fully saturated rings. The van der Waals surface area contributed by atoms with Gasteiger partial charge in [-0.05, 0) is 30.7 Å². The summed E-state index contributed by atoms with van der Waals surface area (Å²) in [6.07, 6.45) is 0. The molecule has 0 bridgehead atoms. The average Bonchev–Trinajstić information content (AvgIpc) is 2.84. The summed E-state index contributed by atoms with van der Waals surface area (Å²) in [5.74, 6) is 0. The lowest BCUT2D eigenvalue weighted by molar-refractivity contribution is 1.18. The SMILES string of the molecule is Cc1cccc(NCc2ccc(C#N)s2)c1C#N. The van der Waals surface area contributed by atoms with Crippen molar-refractivity contribution in [1.82, 2.24) is 0 Å². The lowest BCUT2D eigenvalue weighted by atomic mass is 10.1. The normalized spacial score (nSPS) is 9.50. The maximum atomic E-state index is 9.11. The molecule has 0 spiro atoms. The van der Waals surface area contributed by atoms with Crippen molar-refractivity contribution in [2.45, 2.75) is 13.5 Å². The molecule has 1 aromatic heterocycles. The van der Waals surface area contributed by atoms with E-state index in [-0.39, 0.29) is 0 Å². The van der Waals surface area contributed by atoms with Crippen LogP contribution in [0.4, 0.5) is 5.69 Å². The van der Waals surface area contributed by atoms with Crippen molar-refractivity contribution >= 4 is 17.0 Å². The van der Waals surface area contributed by atoms with Crippen molar-refractivity contribution in [3.05, 3.63) is 51.2 Å². The van der Waals surface area contributed by atoms with Crippen LogP contribution in [0.2, 0.25) is 0 Å². The summed E-state index contributed by atoms with van der Waals surface area (Å²) in [5.41, 5.74) is 2.48. The third-order valence-electron chi connectivity index (χ3n) is 2.61. The number of nitrogens with one attached hydrogen (secondary N) is 1. The highest BCUT2D eigenvalue weighted by Crippen LogP contribution is 2.21. The number of benzene rings is 1. The van der Waals surface area contributed by atoms with E-state index in [0.29, 0.717) is 17.0 Å². The molecule has 18 heavy (non-hydrogen) atoms. The van der Waals surface area contributed by atoms with E-state index < -0.39 is 0 Å². The second-order valence-corrected chi connectivity index (χ2v) is 5.01. The van der Waals surface area contributed by atoms with Crippen LogP contribution in [0.15, 0.2) is 30.3 Å². The minimum absolute atomic E-state index is 0.629. The summed E-state index contributed by atoms with van der Waals surface area (Å²) in [5, 5.41) is 21.1. The van der Waals surface area contributed by atoms with Crippen LogP contribution in [0.3, 0.4) is 0 Å². The number of hydrogen-bond acceptors (Lipinski definition) is 4. The molecule has 0 radical (unpaired) electrons. The van der Waals surface area contributed by atoms with E-state index in [1.165, 1.54) is 11.3 Å². The zero-order valence-electron chi connectivity index (χ0n) is 9.90. The fourth-order valence-electron chi connectivity index (χ4n) is 1.68. The Kier molecular flexibility index (Phi) is 3.62. The van der Waals surface area contributed by atoms with Crippen molar-refractivity contribution in [2.75, 3.05) is 5.32 Å². The van der Waals surface area contributed by atoms with Crippen LogP contribution < -0.4 is 5.32 Å². The lowest BCUT2D eigenvalue weighted by Crippen LogP contribution is -2.00. The second kappa shape index (κ2) is 5.35. The van der Waals surface area contributed by atoms with Gasteiger partial charge in [-0.3, -0.25) is 0 Å². The highest BCUT2D eigenvalue weighted by molar-refractivity contribution is 7.12. The monoisotopic (exact) mass is 253 g/mol. The molecular formula is C14H11N3S. The summed E-state index contributed by atoms with van der Waals surface area (Å²) in [6, 6.07) is 13.8. The molecule has 4 heteroatoms. The van der Waals surface area contributed by atoms with Gasteiger partial charge >= 0.3 is 0 Å². The van der Waals surface area contributed by atoms with Crippen molar-refractivity contribution in [2.24, 2.45) is 0 Å². The Hall–Kier alpha value is -2.30. The molecule has 0 saturated carbocycles. The third kappa shape index (κ3) is 2.51. The average molecular weight is 253 g/mol. The van der Waals surface area contributed by atoms with Gasteiger partial charge in [0.1, 0.15) is 17.0 Å². The Morgan fingerprint density at radius 2 is 2.00 bits per heavy atom. The Bertz CT molecular complexity index is 644. The first-order valence-corrected chi connectivity index (χ1v) is 6.28. The van der Waals surface area contributed by atoms with Gasteiger partial charge in [-0.25, -0.2) is 0 Å². The number of rotatable bonds is 3. The molecule has 0 aliphatic carbocycles. The minimum Gasteiger partial charge on any atom is -0.379 e. The number of nitrogens with zero attached hydrogens (tertiary/aromatic N) is 2. The van der Waals surface area contributed by atoms with Crippen LogP contribution in [-0.4, -0.2) is 0 Å². The van der Waals surface area contributed by atoms with Crippen LogP contribution >= 0.6 is 11.3 Å². The molecule has 0 amide bonds. The predicted molar refractivity (Wildman–Crippen MR) is 72.3 cm³/mol. The van der Waals surface area contributed by atoms with Gasteiger partial charge in [0.25, 0.3) is 0 Å². The zero-order chi connectivity index (χ0) is 13.0. The zero-order valence-corrected chi connectivity index (χ0v) is 10.7. The van der Waals surface area contributed by atoms with Crippen molar-refractivity contribution in [3.8, 4) is 12.1 Å². The molecule has 2 rings (SSSR count). The van der Waals surface area contributed by atoms with Crippen LogP contribution in [0, 0.1) is 29.6 Å². The maximum Gasteiger partial charge on any atom is 0.110 e. The highest BCUT2D eigenvalue weighted by atomic mass is 32.1. The van der Waals surface area contributed by atoms with Crippen LogP contribution in [0.25, 0.3) is 0 Å². The fraction of sp³-hybridized carbons (Fsp3) is 0.143. The molecule has 3 nitrogen and oxygen atoms in total. The largest absolute Gasteiger partial charge is 0.379 e. The van der Waals surface area contributed by atoms with Gasteiger partial charge in [0, 0.05) is 11.4 Å². The summed E-state index contributed by atoms with van der Waals surface area (Å²) in [6.45, 7) is 2.55. The molecule has 1 N–H and O–H groups in total. The Morgan fingerprint density at radius 1 is 1.17 bits per heavy atom. The van der Waals surface area contributed by atoms with Crippen LogP contribution in [0.5, 0.6) is 0 Å². The molecule has 0 atom stereocenters. The predicted octanol–water partition coefficient (Wildman–Crippen LogP) is 3.41. The van der Waals surface area contributed by atoms with Gasteiger partial charge in [0.15, 0.2) is 0 Å². The number of hydrogen-bond donors (Lipinski definition) is 1. The van der Waals surface area contributed by atoms with Crippen molar-refractivity contribution in [1.29, 1.82) is 10.5 Å². The number of aryl methyl sites for hydroxylation is 1.